The molecule has 0 spiro atoms. The quantitative estimate of drug-likeness (QED) is 0.770. The summed E-state index contributed by atoms with van der Waals surface area (Å²) in [5, 5.41) is 2.93. The average molecular weight is 432 g/mol. The molecule has 7 nitrogen and oxygen atoms in total. The lowest BCUT2D eigenvalue weighted by Gasteiger charge is -2.51. The first-order valence-electron chi connectivity index (χ1n) is 11.1. The Morgan fingerprint density at radius 2 is 1.90 bits per heavy atom. The minimum atomic E-state index is -0.0249. The number of hydrogen-bond acceptors (Lipinski definition) is 5. The van der Waals surface area contributed by atoms with Crippen molar-refractivity contribution in [1.82, 2.24) is 20.2 Å². The fraction of sp³-hybridized carbons (Fsp3) is 0.636. The predicted octanol–water partition coefficient (Wildman–Crippen LogP) is 1.58. The van der Waals surface area contributed by atoms with Crippen LogP contribution >= 0.6 is 11.6 Å². The molecular formula is C22H30ClN5O2. The van der Waals surface area contributed by atoms with Gasteiger partial charge in [0.15, 0.2) is 0 Å². The molecule has 1 saturated carbocycles. The van der Waals surface area contributed by atoms with E-state index in [9.17, 15) is 9.59 Å². The van der Waals surface area contributed by atoms with Gasteiger partial charge < -0.3 is 14.7 Å². The fourth-order valence-electron chi connectivity index (χ4n) is 5.78. The minimum absolute atomic E-state index is 0.0124. The van der Waals surface area contributed by atoms with Crippen LogP contribution in [0.25, 0.3) is 0 Å². The molecule has 4 atom stereocenters. The molecule has 3 heterocycles. The van der Waals surface area contributed by atoms with Gasteiger partial charge in [-0.05, 0) is 43.9 Å². The first-order chi connectivity index (χ1) is 14.5. The van der Waals surface area contributed by atoms with Crippen molar-refractivity contribution in [2.45, 2.75) is 43.8 Å². The van der Waals surface area contributed by atoms with E-state index in [0.29, 0.717) is 6.04 Å². The summed E-state index contributed by atoms with van der Waals surface area (Å²) in [4.78, 5) is 32.3. The highest BCUT2D eigenvalue weighted by atomic mass is 35.5. The number of fused-ring (bicyclic) bond motifs is 3. The van der Waals surface area contributed by atoms with Crippen LogP contribution in [0.4, 0.5) is 5.69 Å². The molecule has 4 fully saturated rings. The van der Waals surface area contributed by atoms with E-state index in [1.54, 1.807) is 0 Å². The maximum atomic E-state index is 13.3. The van der Waals surface area contributed by atoms with Gasteiger partial charge in [0.1, 0.15) is 6.04 Å². The van der Waals surface area contributed by atoms with E-state index in [1.165, 1.54) is 0 Å². The van der Waals surface area contributed by atoms with Crippen LogP contribution in [-0.4, -0.2) is 84.5 Å². The van der Waals surface area contributed by atoms with Crippen LogP contribution in [0.5, 0.6) is 0 Å². The Balaban J connectivity index is 1.21. The normalized spacial score (nSPS) is 32.2. The number of nitrogens with zero attached hydrogens (tertiary/aromatic N) is 4. The van der Waals surface area contributed by atoms with Gasteiger partial charge in [-0.2, -0.15) is 0 Å². The zero-order valence-corrected chi connectivity index (χ0v) is 18.2. The molecular weight excluding hydrogens is 402 g/mol. The summed E-state index contributed by atoms with van der Waals surface area (Å²) >= 11 is 6.13. The third kappa shape index (κ3) is 3.47. The Hall–Kier alpha value is -1.83. The number of rotatable bonds is 2. The lowest BCUT2D eigenvalue weighted by atomic mass is 9.78. The molecule has 1 aromatic carbocycles. The van der Waals surface area contributed by atoms with E-state index in [2.05, 4.69) is 21.4 Å². The third-order valence-electron chi connectivity index (χ3n) is 7.43. The first-order valence-corrected chi connectivity index (χ1v) is 11.5. The summed E-state index contributed by atoms with van der Waals surface area (Å²) in [7, 11) is 1.92. The smallest absolute Gasteiger partial charge is 0.241 e. The number of benzene rings is 1. The fourth-order valence-corrected chi connectivity index (χ4v) is 5.97. The summed E-state index contributed by atoms with van der Waals surface area (Å²) in [5.74, 6) is 0.472. The Kier molecular flexibility index (Phi) is 5.37. The van der Waals surface area contributed by atoms with Crippen LogP contribution in [-0.2, 0) is 9.59 Å². The highest BCUT2D eigenvalue weighted by Gasteiger charge is 2.50. The van der Waals surface area contributed by atoms with Crippen LogP contribution in [0.15, 0.2) is 24.3 Å². The molecule has 162 valence electrons. The van der Waals surface area contributed by atoms with Gasteiger partial charge >= 0.3 is 0 Å². The summed E-state index contributed by atoms with van der Waals surface area (Å²) in [5.41, 5.74) is 4.53. The van der Waals surface area contributed by atoms with Crippen molar-refractivity contribution in [3.8, 4) is 0 Å². The van der Waals surface area contributed by atoms with Gasteiger partial charge in [0.2, 0.25) is 11.8 Å². The van der Waals surface area contributed by atoms with Gasteiger partial charge in [0.05, 0.1) is 0 Å². The summed E-state index contributed by atoms with van der Waals surface area (Å²) in [6.45, 7) is 3.99. The van der Waals surface area contributed by atoms with Crippen LogP contribution < -0.4 is 10.3 Å². The lowest BCUT2D eigenvalue weighted by molar-refractivity contribution is -0.155. The highest BCUT2D eigenvalue weighted by molar-refractivity contribution is 6.30. The van der Waals surface area contributed by atoms with Gasteiger partial charge in [0, 0.05) is 68.5 Å². The van der Waals surface area contributed by atoms with Crippen molar-refractivity contribution < 1.29 is 9.59 Å². The monoisotopic (exact) mass is 431 g/mol. The van der Waals surface area contributed by atoms with Gasteiger partial charge in [0.25, 0.3) is 0 Å². The van der Waals surface area contributed by atoms with Crippen molar-refractivity contribution in [3.63, 3.8) is 0 Å². The van der Waals surface area contributed by atoms with Crippen molar-refractivity contribution >= 4 is 29.1 Å². The molecule has 4 unspecified atom stereocenters. The Morgan fingerprint density at radius 3 is 2.67 bits per heavy atom. The molecule has 3 saturated heterocycles. The van der Waals surface area contributed by atoms with Gasteiger partial charge in [-0.3, -0.25) is 15.0 Å². The second kappa shape index (κ2) is 8.02. The number of nitrogens with one attached hydrogen (secondary N) is 1. The molecule has 30 heavy (non-hydrogen) atoms. The van der Waals surface area contributed by atoms with Crippen molar-refractivity contribution in [1.29, 1.82) is 0 Å². The second-order valence-corrected chi connectivity index (χ2v) is 9.44. The largest absolute Gasteiger partial charge is 0.368 e. The minimum Gasteiger partial charge on any atom is -0.368 e. The summed E-state index contributed by atoms with van der Waals surface area (Å²) in [6, 6.07) is 8.32. The Bertz CT molecular complexity index is 828. The highest BCUT2D eigenvalue weighted by Crippen LogP contribution is 2.37. The lowest BCUT2D eigenvalue weighted by Crippen LogP contribution is -2.67. The third-order valence-corrected chi connectivity index (χ3v) is 7.67. The molecule has 3 aliphatic heterocycles. The number of piperazine rings is 2. The first kappa shape index (κ1) is 20.1. The zero-order valence-electron chi connectivity index (χ0n) is 17.5. The van der Waals surface area contributed by atoms with Crippen LogP contribution in [0.3, 0.4) is 0 Å². The van der Waals surface area contributed by atoms with E-state index in [-0.39, 0.29) is 29.8 Å². The second-order valence-electron chi connectivity index (χ2n) is 9.01. The molecule has 0 aromatic heterocycles. The van der Waals surface area contributed by atoms with E-state index in [1.807, 2.05) is 35.0 Å². The number of halogens is 1. The number of hydrazine groups is 1. The van der Waals surface area contributed by atoms with Gasteiger partial charge in [-0.15, -0.1) is 0 Å². The molecule has 2 amide bonds. The number of anilines is 1. The van der Waals surface area contributed by atoms with Gasteiger partial charge in [-0.25, -0.2) is 5.01 Å². The maximum absolute atomic E-state index is 13.3. The van der Waals surface area contributed by atoms with Crippen molar-refractivity contribution in [3.05, 3.63) is 29.3 Å². The van der Waals surface area contributed by atoms with E-state index < -0.39 is 0 Å². The standard InChI is InChI=1S/C22H30ClN5O2/c1-25-20-13-15(5-6-18(20)28-19(22(25)30)7-8-24-28)21(29)27-11-9-26(10-12-27)17-4-2-3-16(23)14-17/h2-4,14-15,18-20,24H,5-13H2,1H3. The molecule has 1 aromatic rings. The molecule has 4 aliphatic rings. The van der Waals surface area contributed by atoms with Crippen LogP contribution in [0.1, 0.15) is 25.7 Å². The average Bonchev–Trinajstić information content (AvgIpc) is 3.27. The summed E-state index contributed by atoms with van der Waals surface area (Å²) in [6.07, 6.45) is 3.52. The SMILES string of the molecule is CN1C(=O)C2CCNN2C2CCC(C(=O)N3CCN(c4cccc(Cl)c4)CC3)CC21. The number of carbonyl (C=O) groups is 2. The topological polar surface area (TPSA) is 59.1 Å². The number of amides is 2. The van der Waals surface area contributed by atoms with Crippen LogP contribution in [0.2, 0.25) is 5.02 Å². The van der Waals surface area contributed by atoms with Gasteiger partial charge in [-0.1, -0.05) is 17.7 Å². The maximum Gasteiger partial charge on any atom is 0.241 e. The van der Waals surface area contributed by atoms with Crippen molar-refractivity contribution in [2.24, 2.45) is 5.92 Å². The molecule has 8 heteroatoms. The number of likely N-dealkylation sites (N-methyl/N-ethyl adjacent to an activating group) is 1. The van der Waals surface area contributed by atoms with E-state index in [4.69, 9.17) is 11.6 Å². The van der Waals surface area contributed by atoms with Crippen LogP contribution in [0, 0.1) is 5.92 Å². The number of hydrogen-bond donors (Lipinski definition) is 1. The van der Waals surface area contributed by atoms with E-state index >= 15 is 0 Å². The van der Waals surface area contributed by atoms with Crippen molar-refractivity contribution in [2.75, 3.05) is 44.7 Å². The molecule has 0 radical (unpaired) electrons. The zero-order chi connectivity index (χ0) is 20.8. The molecule has 5 rings (SSSR count). The van der Waals surface area contributed by atoms with E-state index in [0.717, 1.165) is 69.1 Å². The molecule has 0 bridgehead atoms. The Labute approximate surface area is 182 Å². The Morgan fingerprint density at radius 1 is 1.10 bits per heavy atom. The predicted molar refractivity (Wildman–Crippen MR) is 116 cm³/mol. The molecule has 1 aliphatic carbocycles. The molecule has 1 N–H and O–H groups in total. The number of carbonyl (C=O) groups excluding carboxylic acids is 2. The summed E-state index contributed by atoms with van der Waals surface area (Å²) < 4.78 is 0.